The molecule has 1 N–H and O–H groups in total. The topological polar surface area (TPSA) is 61.9 Å². The van der Waals surface area contributed by atoms with Gasteiger partial charge < -0.3 is 19.9 Å². The van der Waals surface area contributed by atoms with Crippen molar-refractivity contribution in [3.05, 3.63) is 59.7 Å². The van der Waals surface area contributed by atoms with E-state index in [0.29, 0.717) is 31.6 Å². The van der Waals surface area contributed by atoms with E-state index in [0.717, 1.165) is 30.0 Å². The number of anilines is 1. The molecule has 0 radical (unpaired) electrons. The largest absolute Gasteiger partial charge is 0.496 e. The Hall–Kier alpha value is -2.86. The molecule has 6 nitrogen and oxygen atoms in total. The van der Waals surface area contributed by atoms with Gasteiger partial charge in [-0.3, -0.25) is 9.59 Å². The highest BCUT2D eigenvalue weighted by molar-refractivity contribution is 5.99. The van der Waals surface area contributed by atoms with Gasteiger partial charge in [0.15, 0.2) is 0 Å². The van der Waals surface area contributed by atoms with Gasteiger partial charge in [-0.15, -0.1) is 0 Å². The van der Waals surface area contributed by atoms with Crippen LogP contribution in [0.5, 0.6) is 5.75 Å². The number of hydrogen-bond donors (Lipinski definition) is 1. The summed E-state index contributed by atoms with van der Waals surface area (Å²) in [4.78, 5) is 29.1. The molecule has 2 aromatic rings. The third kappa shape index (κ3) is 3.47. The lowest BCUT2D eigenvalue weighted by atomic mass is 10.0. The minimum Gasteiger partial charge on any atom is -0.496 e. The van der Waals surface area contributed by atoms with Crippen molar-refractivity contribution in [3.8, 4) is 5.75 Å². The monoisotopic (exact) mass is 379 g/mol. The quantitative estimate of drug-likeness (QED) is 0.887. The van der Waals surface area contributed by atoms with E-state index in [-0.39, 0.29) is 17.9 Å². The van der Waals surface area contributed by atoms with Crippen molar-refractivity contribution in [2.75, 3.05) is 38.2 Å². The molecule has 6 heteroatoms. The van der Waals surface area contributed by atoms with Gasteiger partial charge in [0, 0.05) is 49.4 Å². The van der Waals surface area contributed by atoms with Gasteiger partial charge in [-0.25, -0.2) is 0 Å². The summed E-state index contributed by atoms with van der Waals surface area (Å²) in [7, 11) is 1.65. The third-order valence-corrected chi connectivity index (χ3v) is 5.48. The van der Waals surface area contributed by atoms with Crippen LogP contribution in [0.1, 0.15) is 34.8 Å². The van der Waals surface area contributed by atoms with E-state index in [1.807, 2.05) is 53.4 Å². The van der Waals surface area contributed by atoms with Crippen LogP contribution < -0.4 is 15.0 Å². The van der Waals surface area contributed by atoms with E-state index in [1.54, 1.807) is 12.0 Å². The number of para-hydroxylation sites is 1. The van der Waals surface area contributed by atoms with E-state index in [4.69, 9.17) is 4.74 Å². The molecule has 2 saturated heterocycles. The first kappa shape index (κ1) is 18.5. The Morgan fingerprint density at radius 2 is 2.00 bits per heavy atom. The Balaban J connectivity index is 1.63. The van der Waals surface area contributed by atoms with Gasteiger partial charge in [-0.05, 0) is 30.7 Å². The van der Waals surface area contributed by atoms with E-state index >= 15 is 0 Å². The molecule has 2 aromatic carbocycles. The van der Waals surface area contributed by atoms with Gasteiger partial charge in [0.2, 0.25) is 5.91 Å². The molecule has 2 aliphatic heterocycles. The Morgan fingerprint density at radius 1 is 1.14 bits per heavy atom. The van der Waals surface area contributed by atoms with Crippen molar-refractivity contribution in [3.63, 3.8) is 0 Å². The van der Waals surface area contributed by atoms with Gasteiger partial charge in [-0.1, -0.05) is 24.3 Å². The molecule has 0 aromatic heterocycles. The van der Waals surface area contributed by atoms with Crippen LogP contribution in [-0.4, -0.2) is 50.0 Å². The fraction of sp³-hybridized carbons (Fsp3) is 0.364. The van der Waals surface area contributed by atoms with Crippen LogP contribution in [0.15, 0.2) is 48.5 Å². The zero-order chi connectivity index (χ0) is 19.5. The number of piperazine rings is 1. The summed E-state index contributed by atoms with van der Waals surface area (Å²) in [6.07, 6.45) is 1.44. The molecule has 0 bridgehead atoms. The van der Waals surface area contributed by atoms with Crippen molar-refractivity contribution < 1.29 is 14.3 Å². The average Bonchev–Trinajstić information content (AvgIpc) is 3.19. The van der Waals surface area contributed by atoms with Crippen LogP contribution in [0.4, 0.5) is 5.69 Å². The average molecular weight is 379 g/mol. The summed E-state index contributed by atoms with van der Waals surface area (Å²) >= 11 is 0. The lowest BCUT2D eigenvalue weighted by molar-refractivity contribution is -0.117. The van der Waals surface area contributed by atoms with Crippen molar-refractivity contribution in [2.45, 2.75) is 18.9 Å². The van der Waals surface area contributed by atoms with Gasteiger partial charge >= 0.3 is 0 Å². The number of methoxy groups -OCH3 is 1. The molecular formula is C22H25N3O3. The molecule has 146 valence electrons. The summed E-state index contributed by atoms with van der Waals surface area (Å²) < 4.78 is 5.52. The second-order valence-electron chi connectivity index (χ2n) is 7.16. The van der Waals surface area contributed by atoms with Crippen LogP contribution in [0.3, 0.4) is 0 Å². The highest BCUT2D eigenvalue weighted by Gasteiger charge is 2.31. The van der Waals surface area contributed by atoms with Crippen molar-refractivity contribution in [1.29, 1.82) is 0 Å². The maximum Gasteiger partial charge on any atom is 0.254 e. The number of carbonyl (C=O) groups is 2. The smallest absolute Gasteiger partial charge is 0.254 e. The summed E-state index contributed by atoms with van der Waals surface area (Å²) in [6, 6.07) is 15.2. The van der Waals surface area contributed by atoms with Crippen LogP contribution in [0, 0.1) is 0 Å². The van der Waals surface area contributed by atoms with Gasteiger partial charge in [0.1, 0.15) is 5.75 Å². The molecule has 0 saturated carbocycles. The normalized spacial score (nSPS) is 19.8. The number of benzene rings is 2. The highest BCUT2D eigenvalue weighted by atomic mass is 16.5. The molecule has 0 aliphatic carbocycles. The molecule has 2 fully saturated rings. The molecule has 0 spiro atoms. The number of amides is 2. The first-order valence-electron chi connectivity index (χ1n) is 9.74. The summed E-state index contributed by atoms with van der Waals surface area (Å²) in [5, 5.41) is 3.38. The molecular weight excluding hydrogens is 354 g/mol. The number of carbonyl (C=O) groups excluding carboxylic acids is 2. The first-order valence-corrected chi connectivity index (χ1v) is 9.74. The van der Waals surface area contributed by atoms with E-state index < -0.39 is 0 Å². The Bertz CT molecular complexity index is 883. The minimum absolute atomic E-state index is 0.0223. The van der Waals surface area contributed by atoms with Gasteiger partial charge in [-0.2, -0.15) is 0 Å². The molecule has 2 aliphatic rings. The van der Waals surface area contributed by atoms with Gasteiger partial charge in [0.05, 0.1) is 13.2 Å². The number of rotatable bonds is 4. The molecule has 1 atom stereocenters. The van der Waals surface area contributed by atoms with Crippen LogP contribution in [-0.2, 0) is 4.79 Å². The van der Waals surface area contributed by atoms with E-state index in [2.05, 4.69) is 5.32 Å². The van der Waals surface area contributed by atoms with E-state index in [1.165, 1.54) is 0 Å². The SMILES string of the molecule is COc1ccccc1C1CNCCN1C(=O)c1cccc(N2CCCC2=O)c1. The van der Waals surface area contributed by atoms with Crippen molar-refractivity contribution >= 4 is 17.5 Å². The third-order valence-electron chi connectivity index (χ3n) is 5.48. The van der Waals surface area contributed by atoms with Gasteiger partial charge in [0.25, 0.3) is 5.91 Å². The summed E-state index contributed by atoms with van der Waals surface area (Å²) in [5.41, 5.74) is 2.41. The first-order chi connectivity index (χ1) is 13.7. The lowest BCUT2D eigenvalue weighted by Crippen LogP contribution is -2.48. The molecule has 2 amide bonds. The molecule has 1 unspecified atom stereocenters. The predicted molar refractivity (Wildman–Crippen MR) is 108 cm³/mol. The van der Waals surface area contributed by atoms with Crippen LogP contribution in [0.25, 0.3) is 0 Å². The zero-order valence-corrected chi connectivity index (χ0v) is 16.1. The Kier molecular flexibility index (Phi) is 5.30. The molecule has 28 heavy (non-hydrogen) atoms. The number of ether oxygens (including phenoxy) is 1. The highest BCUT2D eigenvalue weighted by Crippen LogP contribution is 2.32. The maximum absolute atomic E-state index is 13.4. The number of nitrogens with one attached hydrogen (secondary N) is 1. The Labute approximate surface area is 165 Å². The number of hydrogen-bond acceptors (Lipinski definition) is 4. The number of nitrogens with zero attached hydrogens (tertiary/aromatic N) is 2. The summed E-state index contributed by atoms with van der Waals surface area (Å²) in [5.74, 6) is 0.884. The molecule has 4 rings (SSSR count). The van der Waals surface area contributed by atoms with Crippen molar-refractivity contribution in [1.82, 2.24) is 10.2 Å². The van der Waals surface area contributed by atoms with Crippen LogP contribution >= 0.6 is 0 Å². The maximum atomic E-state index is 13.4. The second kappa shape index (κ2) is 8.02. The van der Waals surface area contributed by atoms with Crippen molar-refractivity contribution in [2.24, 2.45) is 0 Å². The zero-order valence-electron chi connectivity index (χ0n) is 16.1. The Morgan fingerprint density at radius 3 is 2.79 bits per heavy atom. The minimum atomic E-state index is -0.102. The van der Waals surface area contributed by atoms with E-state index in [9.17, 15) is 9.59 Å². The predicted octanol–water partition coefficient (Wildman–Crippen LogP) is 2.61. The fourth-order valence-electron chi connectivity index (χ4n) is 4.06. The molecule has 2 heterocycles. The summed E-state index contributed by atoms with van der Waals surface area (Å²) in [6.45, 7) is 2.76. The second-order valence-corrected chi connectivity index (χ2v) is 7.16. The fourth-order valence-corrected chi connectivity index (χ4v) is 4.06. The lowest BCUT2D eigenvalue weighted by Gasteiger charge is -2.37. The standard InChI is InChI=1S/C22H25N3O3/c1-28-20-9-3-2-8-18(20)19-15-23-11-13-25(19)22(27)16-6-4-7-17(14-16)24-12-5-10-21(24)26/h2-4,6-9,14,19,23H,5,10-13,15H2,1H3. The van der Waals surface area contributed by atoms with Crippen LogP contribution in [0.2, 0.25) is 0 Å².